The second-order valence-corrected chi connectivity index (χ2v) is 8.14. The molecule has 2 aromatic carbocycles. The zero-order chi connectivity index (χ0) is 27.3. The van der Waals surface area contributed by atoms with E-state index in [0.29, 0.717) is 30.6 Å². The number of likely N-dealkylation sites (N-methyl/N-ethyl adjacent to an activating group) is 1. The number of benzene rings is 2. The van der Waals surface area contributed by atoms with Crippen LogP contribution in [0, 0.1) is 0 Å². The third kappa shape index (κ3) is 8.39. The Morgan fingerprint density at radius 3 is 2.39 bits per heavy atom. The van der Waals surface area contributed by atoms with Crippen molar-refractivity contribution in [2.24, 2.45) is 11.5 Å². The highest BCUT2D eigenvalue weighted by Gasteiger charge is 2.25. The molecule has 198 valence electrons. The Morgan fingerprint density at radius 1 is 1.08 bits per heavy atom. The number of hydrogen-bond acceptors (Lipinski definition) is 6. The van der Waals surface area contributed by atoms with Gasteiger partial charge < -0.3 is 32.5 Å². The van der Waals surface area contributed by atoms with Crippen LogP contribution >= 0.6 is 0 Å². The molecular formula is C28H43N5O3. The first-order valence-electron chi connectivity index (χ1n) is 12.6. The minimum Gasteiger partial charge on any atom is -0.508 e. The minimum absolute atomic E-state index is 0.104. The maximum Gasteiger partial charge on any atom is 0.242 e. The van der Waals surface area contributed by atoms with Crippen LogP contribution < -0.4 is 27.4 Å². The fourth-order valence-corrected chi connectivity index (χ4v) is 3.92. The summed E-state index contributed by atoms with van der Waals surface area (Å²) in [5, 5.41) is 19.4. The average molecular weight is 498 g/mol. The average Bonchev–Trinajstić information content (AvgIpc) is 2.90. The van der Waals surface area contributed by atoms with Crippen LogP contribution in [0.5, 0.6) is 5.75 Å². The number of amides is 2. The molecule has 0 saturated heterocycles. The molecule has 0 spiro atoms. The van der Waals surface area contributed by atoms with Gasteiger partial charge in [0.2, 0.25) is 11.8 Å². The van der Waals surface area contributed by atoms with Gasteiger partial charge in [0.25, 0.3) is 0 Å². The lowest BCUT2D eigenvalue weighted by Crippen LogP contribution is -2.51. The van der Waals surface area contributed by atoms with E-state index in [0.717, 1.165) is 16.7 Å². The van der Waals surface area contributed by atoms with E-state index < -0.39 is 12.1 Å². The maximum absolute atomic E-state index is 12.8. The molecule has 1 aliphatic rings. The summed E-state index contributed by atoms with van der Waals surface area (Å²) < 4.78 is 0. The molecule has 3 rings (SSSR count). The summed E-state index contributed by atoms with van der Waals surface area (Å²) >= 11 is 0. The van der Waals surface area contributed by atoms with Gasteiger partial charge in [0.05, 0.1) is 12.1 Å². The Bertz CT molecular complexity index is 1010. The summed E-state index contributed by atoms with van der Waals surface area (Å²) in [5.41, 5.74) is 14.7. The van der Waals surface area contributed by atoms with Crippen molar-refractivity contribution >= 4 is 11.8 Å². The summed E-state index contributed by atoms with van der Waals surface area (Å²) in [6.07, 6.45) is 1.24. The molecule has 2 amide bonds. The van der Waals surface area contributed by atoms with Crippen LogP contribution in [0.15, 0.2) is 54.7 Å². The smallest absolute Gasteiger partial charge is 0.242 e. The molecule has 0 aliphatic carbocycles. The highest BCUT2D eigenvalue weighted by molar-refractivity contribution is 5.84. The standard InChI is InChI=1S/C25H32N4O3.C2H6.CH5N/c1-4-21-15(3)28-22(25(32)27-5-2)12-16-7-6-8-17(11-16)18-9-10-23(30)19(13-18)14-20(26)24(31)29-21;2*1-2/h6-11,13,20-22,28,30H,3-5,12,14,26H2,1-2H3,(H,27,32)(H,29,31);1-2H3;2H2,1H3/t20?,21-,22?;;/m0../s1. The molecule has 0 fully saturated rings. The normalized spacial score (nSPS) is 19.5. The number of nitrogens with two attached hydrogens (primary N) is 2. The van der Waals surface area contributed by atoms with Gasteiger partial charge in [-0.25, -0.2) is 0 Å². The van der Waals surface area contributed by atoms with Crippen molar-refractivity contribution in [3.63, 3.8) is 0 Å². The Morgan fingerprint density at radius 2 is 1.75 bits per heavy atom. The first-order valence-corrected chi connectivity index (χ1v) is 12.6. The quantitative estimate of drug-likeness (QED) is 0.385. The van der Waals surface area contributed by atoms with E-state index in [1.807, 2.05) is 64.1 Å². The lowest BCUT2D eigenvalue weighted by atomic mass is 9.96. The van der Waals surface area contributed by atoms with Crippen LogP contribution in [0.1, 0.15) is 45.2 Å². The molecular weight excluding hydrogens is 454 g/mol. The second-order valence-electron chi connectivity index (χ2n) is 8.14. The molecule has 1 aliphatic heterocycles. The Hall–Kier alpha value is -3.36. The van der Waals surface area contributed by atoms with Gasteiger partial charge in [-0.2, -0.15) is 0 Å². The maximum atomic E-state index is 12.8. The van der Waals surface area contributed by atoms with Crippen LogP contribution in [-0.2, 0) is 22.4 Å². The zero-order valence-electron chi connectivity index (χ0n) is 22.2. The van der Waals surface area contributed by atoms with Gasteiger partial charge in [-0.05, 0) is 54.8 Å². The van der Waals surface area contributed by atoms with Crippen molar-refractivity contribution in [1.29, 1.82) is 0 Å². The van der Waals surface area contributed by atoms with Crippen LogP contribution in [0.4, 0.5) is 0 Å². The molecule has 2 aromatic rings. The number of nitrogens with one attached hydrogen (secondary N) is 3. The molecule has 8 nitrogen and oxygen atoms in total. The Balaban J connectivity index is 0.00000154. The molecule has 0 radical (unpaired) electrons. The largest absolute Gasteiger partial charge is 0.508 e. The minimum atomic E-state index is -0.839. The number of carbonyl (C=O) groups excluding carboxylic acids is 2. The van der Waals surface area contributed by atoms with E-state index in [-0.39, 0.29) is 30.0 Å². The fourth-order valence-electron chi connectivity index (χ4n) is 3.92. The molecule has 3 atom stereocenters. The van der Waals surface area contributed by atoms with E-state index in [4.69, 9.17) is 5.73 Å². The summed E-state index contributed by atoms with van der Waals surface area (Å²) in [6, 6.07) is 11.5. The lowest BCUT2D eigenvalue weighted by molar-refractivity contribution is -0.123. The number of hydrogen-bond donors (Lipinski definition) is 6. The van der Waals surface area contributed by atoms with E-state index in [9.17, 15) is 14.7 Å². The van der Waals surface area contributed by atoms with Crippen molar-refractivity contribution in [3.8, 4) is 16.9 Å². The van der Waals surface area contributed by atoms with E-state index in [2.05, 4.69) is 28.3 Å². The number of fused-ring (bicyclic) bond motifs is 5. The molecule has 4 bridgehead atoms. The van der Waals surface area contributed by atoms with Crippen molar-refractivity contribution in [2.75, 3.05) is 13.6 Å². The number of phenolic OH excluding ortho intramolecular Hbond substituents is 1. The summed E-state index contributed by atoms with van der Waals surface area (Å²) in [7, 11) is 1.50. The fraction of sp³-hybridized carbons (Fsp3) is 0.429. The number of phenols is 1. The van der Waals surface area contributed by atoms with Gasteiger partial charge >= 0.3 is 0 Å². The van der Waals surface area contributed by atoms with Crippen molar-refractivity contribution in [3.05, 3.63) is 65.9 Å². The second kappa shape index (κ2) is 15.6. The molecule has 8 heteroatoms. The number of aromatic hydroxyl groups is 1. The predicted molar refractivity (Wildman–Crippen MR) is 147 cm³/mol. The van der Waals surface area contributed by atoms with Gasteiger partial charge in [0.15, 0.2) is 0 Å². The summed E-state index contributed by atoms with van der Waals surface area (Å²) in [6.45, 7) is 12.4. The molecule has 8 N–H and O–H groups in total. The van der Waals surface area contributed by atoms with Crippen LogP contribution in [0.25, 0.3) is 11.1 Å². The monoisotopic (exact) mass is 497 g/mol. The van der Waals surface area contributed by atoms with Gasteiger partial charge in [-0.15, -0.1) is 0 Å². The van der Waals surface area contributed by atoms with Crippen LogP contribution in [0.3, 0.4) is 0 Å². The van der Waals surface area contributed by atoms with Crippen LogP contribution in [-0.4, -0.2) is 48.6 Å². The van der Waals surface area contributed by atoms with E-state index in [1.165, 1.54) is 7.05 Å². The first kappa shape index (κ1) is 30.7. The Kier molecular flexibility index (Phi) is 13.3. The zero-order valence-corrected chi connectivity index (χ0v) is 22.2. The molecule has 0 aromatic heterocycles. The number of rotatable bonds is 3. The van der Waals surface area contributed by atoms with Crippen molar-refractivity contribution in [2.45, 2.75) is 65.1 Å². The summed E-state index contributed by atoms with van der Waals surface area (Å²) in [5.74, 6) is -0.366. The van der Waals surface area contributed by atoms with Crippen molar-refractivity contribution in [1.82, 2.24) is 16.0 Å². The third-order valence-corrected chi connectivity index (χ3v) is 5.73. The topological polar surface area (TPSA) is 142 Å². The SMILES string of the molecule is C=C1NC(C(=O)NCC)Cc2cccc(c2)-c2ccc(O)c(c2)CC(N)C(=O)N[C@H]1CC.CC.CN. The highest BCUT2D eigenvalue weighted by Crippen LogP contribution is 2.28. The molecule has 1 heterocycles. The molecule has 2 unspecified atom stereocenters. The predicted octanol–water partition coefficient (Wildman–Crippen LogP) is 2.59. The Labute approximate surface area is 215 Å². The lowest BCUT2D eigenvalue weighted by Gasteiger charge is -2.27. The van der Waals surface area contributed by atoms with Crippen LogP contribution in [0.2, 0.25) is 0 Å². The molecule has 36 heavy (non-hydrogen) atoms. The van der Waals surface area contributed by atoms with Gasteiger partial charge in [-0.1, -0.05) is 57.7 Å². The van der Waals surface area contributed by atoms with Crippen molar-refractivity contribution < 1.29 is 14.7 Å². The van der Waals surface area contributed by atoms with E-state index >= 15 is 0 Å². The first-order chi connectivity index (χ1) is 17.3. The third-order valence-electron chi connectivity index (χ3n) is 5.73. The summed E-state index contributed by atoms with van der Waals surface area (Å²) in [4.78, 5) is 25.6. The van der Waals surface area contributed by atoms with Gasteiger partial charge in [-0.3, -0.25) is 9.59 Å². The highest BCUT2D eigenvalue weighted by atomic mass is 16.3. The van der Waals surface area contributed by atoms with E-state index in [1.54, 1.807) is 6.07 Å². The number of carbonyl (C=O) groups is 2. The van der Waals surface area contributed by atoms with Gasteiger partial charge in [0, 0.05) is 25.1 Å². The van der Waals surface area contributed by atoms with Gasteiger partial charge in [0.1, 0.15) is 11.8 Å². The molecule has 0 saturated carbocycles.